The second kappa shape index (κ2) is 2.32. The average Bonchev–Trinajstić information content (AvgIpc) is 2.69. The summed E-state index contributed by atoms with van der Waals surface area (Å²) in [5.74, 6) is 1.10. The van der Waals surface area contributed by atoms with E-state index in [2.05, 4.69) is 44.7 Å². The molecule has 0 N–H and O–H groups in total. The summed E-state index contributed by atoms with van der Waals surface area (Å²) in [5.41, 5.74) is 2.31. The van der Waals surface area contributed by atoms with Gasteiger partial charge in [-0.1, -0.05) is 28.7 Å². The maximum absolute atomic E-state index is 4.67. The molecule has 1 saturated carbocycles. The van der Waals surface area contributed by atoms with Gasteiger partial charge in [0.05, 0.1) is 0 Å². The Morgan fingerprint density at radius 2 is 2.38 bits per heavy atom. The van der Waals surface area contributed by atoms with Crippen molar-refractivity contribution in [3.8, 4) is 0 Å². The molecule has 3 unspecified atom stereocenters. The Morgan fingerprint density at radius 1 is 1.54 bits per heavy atom. The minimum atomic E-state index is 0.0974. The number of halogens is 1. The largest absolute Gasteiger partial charge is 0.271 e. The van der Waals surface area contributed by atoms with E-state index in [0.29, 0.717) is 11.8 Å². The predicted molar refractivity (Wildman–Crippen MR) is 62.6 cm³/mol. The Hall–Kier alpha value is -0.450. The maximum Gasteiger partial charge on any atom is 0.128 e. The number of dihydropyridines is 1. The van der Waals surface area contributed by atoms with Gasteiger partial charge in [0.15, 0.2) is 0 Å². The van der Waals surface area contributed by atoms with Crippen LogP contribution < -0.4 is 0 Å². The van der Waals surface area contributed by atoms with Gasteiger partial charge >= 0.3 is 0 Å². The summed E-state index contributed by atoms with van der Waals surface area (Å²) in [6.07, 6.45) is 8.25. The molecule has 0 spiro atoms. The highest BCUT2D eigenvalue weighted by molar-refractivity contribution is 14.1. The van der Waals surface area contributed by atoms with E-state index in [1.807, 2.05) is 19.2 Å². The molecule has 3 atom stereocenters. The molecule has 0 bridgehead atoms. The van der Waals surface area contributed by atoms with Gasteiger partial charge in [-0.2, -0.15) is 0 Å². The van der Waals surface area contributed by atoms with E-state index in [0.717, 1.165) is 5.71 Å². The van der Waals surface area contributed by atoms with Crippen molar-refractivity contribution in [3.05, 3.63) is 23.9 Å². The molecule has 66 valence electrons. The zero-order chi connectivity index (χ0) is 9.05. The van der Waals surface area contributed by atoms with Crippen molar-refractivity contribution in [2.24, 2.45) is 21.8 Å². The van der Waals surface area contributed by atoms with Crippen LogP contribution in [0.2, 0.25) is 0 Å². The molecule has 1 fully saturated rings. The predicted octanol–water partition coefficient (Wildman–Crippen LogP) is 2.36. The molecule has 2 aliphatic heterocycles. The van der Waals surface area contributed by atoms with Crippen molar-refractivity contribution in [1.82, 2.24) is 0 Å². The first-order chi connectivity index (χ1) is 6.22. The summed E-state index contributed by atoms with van der Waals surface area (Å²) in [6, 6.07) is 0. The van der Waals surface area contributed by atoms with Crippen LogP contribution in [-0.2, 0) is 0 Å². The summed E-state index contributed by atoms with van der Waals surface area (Å²) in [6.45, 7) is 2.05. The highest BCUT2D eigenvalue weighted by Gasteiger charge is 2.65. The zero-order valence-corrected chi connectivity index (χ0v) is 9.39. The average molecular weight is 284 g/mol. The van der Waals surface area contributed by atoms with Crippen molar-refractivity contribution in [2.45, 2.75) is 10.5 Å². The van der Waals surface area contributed by atoms with Crippen molar-refractivity contribution in [3.63, 3.8) is 0 Å². The number of hydrogen-bond acceptors (Lipinski definition) is 2. The van der Waals surface area contributed by atoms with Gasteiger partial charge in [0.2, 0.25) is 0 Å². The number of aliphatic imine (C=N–C) groups is 2. The van der Waals surface area contributed by atoms with E-state index < -0.39 is 0 Å². The molecular weight excluding hydrogens is 275 g/mol. The lowest BCUT2D eigenvalue weighted by atomic mass is 10.2. The number of rotatable bonds is 0. The Labute approximate surface area is 90.7 Å². The van der Waals surface area contributed by atoms with Crippen LogP contribution in [0.5, 0.6) is 0 Å². The zero-order valence-electron chi connectivity index (χ0n) is 7.24. The first-order valence-electron chi connectivity index (χ1n) is 4.39. The number of hydrogen-bond donors (Lipinski definition) is 0. The topological polar surface area (TPSA) is 24.7 Å². The molecule has 3 rings (SSSR count). The van der Waals surface area contributed by atoms with Crippen LogP contribution in [0.15, 0.2) is 33.9 Å². The number of fused-ring (bicyclic) bond motifs is 1. The smallest absolute Gasteiger partial charge is 0.128 e. The summed E-state index contributed by atoms with van der Waals surface area (Å²) in [7, 11) is 0. The lowest BCUT2D eigenvalue weighted by Gasteiger charge is -2.11. The summed E-state index contributed by atoms with van der Waals surface area (Å²) >= 11 is 2.46. The normalized spacial score (nSPS) is 44.8. The van der Waals surface area contributed by atoms with Gasteiger partial charge in [-0.25, -0.2) is 0 Å². The molecule has 0 aromatic rings. The fourth-order valence-corrected chi connectivity index (χ4v) is 3.65. The van der Waals surface area contributed by atoms with Crippen LogP contribution in [0, 0.1) is 11.8 Å². The highest BCUT2D eigenvalue weighted by Crippen LogP contribution is 2.64. The van der Waals surface area contributed by atoms with Crippen molar-refractivity contribution in [1.29, 1.82) is 0 Å². The van der Waals surface area contributed by atoms with Crippen LogP contribution >= 0.6 is 22.6 Å². The van der Waals surface area contributed by atoms with Gasteiger partial charge in [0.25, 0.3) is 0 Å². The van der Waals surface area contributed by atoms with E-state index in [1.54, 1.807) is 0 Å². The van der Waals surface area contributed by atoms with Crippen molar-refractivity contribution < 1.29 is 0 Å². The molecule has 1 aliphatic carbocycles. The second-order valence-corrected chi connectivity index (χ2v) is 5.44. The molecular formula is C10H9IN2. The molecule has 0 aromatic carbocycles. The van der Waals surface area contributed by atoms with E-state index in [4.69, 9.17) is 0 Å². The molecule has 2 nitrogen and oxygen atoms in total. The standard InChI is InChI=1S/C10H9IN2/c1-6-5-8-9-7(3-2-4-12-8)10(9,11)13-6/h2-5,7,9H,1H3. The van der Waals surface area contributed by atoms with E-state index in [-0.39, 0.29) is 3.55 Å². The van der Waals surface area contributed by atoms with Crippen LogP contribution in [-0.4, -0.2) is 15.5 Å². The third kappa shape index (κ3) is 0.936. The molecule has 13 heavy (non-hydrogen) atoms. The maximum atomic E-state index is 4.67. The Bertz CT molecular complexity index is 392. The Morgan fingerprint density at radius 3 is 3.23 bits per heavy atom. The summed E-state index contributed by atoms with van der Waals surface area (Å²) < 4.78 is 0.0974. The second-order valence-electron chi connectivity index (χ2n) is 3.72. The monoisotopic (exact) mass is 284 g/mol. The third-order valence-corrected chi connectivity index (χ3v) is 4.44. The van der Waals surface area contributed by atoms with Crippen molar-refractivity contribution in [2.75, 3.05) is 0 Å². The van der Waals surface area contributed by atoms with Crippen LogP contribution in [0.4, 0.5) is 0 Å². The first-order valence-corrected chi connectivity index (χ1v) is 5.47. The van der Waals surface area contributed by atoms with Gasteiger partial charge in [-0.05, 0) is 19.1 Å². The van der Waals surface area contributed by atoms with E-state index in [1.165, 1.54) is 5.70 Å². The molecule has 2 heterocycles. The Balaban J connectivity index is 2.16. The third-order valence-electron chi connectivity index (χ3n) is 2.80. The fraction of sp³-hybridized carbons (Fsp3) is 0.400. The SMILES string of the molecule is CC1=NC2(I)C3C=CC=NC(=C1)C32. The first kappa shape index (κ1) is 7.91. The number of alkyl halides is 1. The van der Waals surface area contributed by atoms with Crippen LogP contribution in [0.3, 0.4) is 0 Å². The lowest BCUT2D eigenvalue weighted by molar-refractivity contribution is 0.870. The molecule has 0 radical (unpaired) electrons. The highest BCUT2D eigenvalue weighted by atomic mass is 127. The molecule has 3 aliphatic rings. The van der Waals surface area contributed by atoms with E-state index in [9.17, 15) is 0 Å². The van der Waals surface area contributed by atoms with Gasteiger partial charge < -0.3 is 0 Å². The van der Waals surface area contributed by atoms with Crippen LogP contribution in [0.1, 0.15) is 6.92 Å². The number of allylic oxidation sites excluding steroid dienone is 2. The van der Waals surface area contributed by atoms with Gasteiger partial charge in [0, 0.05) is 29.5 Å². The Kier molecular flexibility index (Phi) is 1.41. The van der Waals surface area contributed by atoms with E-state index >= 15 is 0 Å². The molecule has 0 aromatic heterocycles. The number of nitrogens with zero attached hydrogens (tertiary/aromatic N) is 2. The summed E-state index contributed by atoms with van der Waals surface area (Å²) in [5, 5.41) is 0. The minimum absolute atomic E-state index is 0.0974. The van der Waals surface area contributed by atoms with Crippen LogP contribution in [0.25, 0.3) is 0 Å². The minimum Gasteiger partial charge on any atom is -0.271 e. The lowest BCUT2D eigenvalue weighted by Crippen LogP contribution is -2.09. The molecule has 3 heteroatoms. The van der Waals surface area contributed by atoms with Gasteiger partial charge in [-0.15, -0.1) is 0 Å². The van der Waals surface area contributed by atoms with Gasteiger partial charge in [0.1, 0.15) is 3.55 Å². The molecule has 0 saturated heterocycles. The van der Waals surface area contributed by atoms with Gasteiger partial charge in [-0.3, -0.25) is 9.98 Å². The quantitative estimate of drug-likeness (QED) is 0.370. The molecule has 0 amide bonds. The fourth-order valence-electron chi connectivity index (χ4n) is 2.17. The van der Waals surface area contributed by atoms with Crippen molar-refractivity contribution >= 4 is 34.5 Å². The summed E-state index contributed by atoms with van der Waals surface area (Å²) in [4.78, 5) is 9.10.